The Labute approximate surface area is 215 Å². The van der Waals surface area contributed by atoms with Crippen molar-refractivity contribution in [3.63, 3.8) is 0 Å². The number of aromatic nitrogens is 2. The van der Waals surface area contributed by atoms with Gasteiger partial charge in [-0.15, -0.1) is 0 Å². The molecule has 0 atom stereocenters. The van der Waals surface area contributed by atoms with Crippen LogP contribution >= 0.6 is 11.6 Å². The zero-order valence-corrected chi connectivity index (χ0v) is 21.2. The van der Waals surface area contributed by atoms with Crippen molar-refractivity contribution in [2.45, 2.75) is 13.5 Å². The summed E-state index contributed by atoms with van der Waals surface area (Å²) in [7, 11) is 1.42. The third kappa shape index (κ3) is 5.78. The Morgan fingerprint density at radius 2 is 1.86 bits per heavy atom. The lowest BCUT2D eigenvalue weighted by atomic mass is 10.0. The number of benzene rings is 2. The monoisotopic (exact) mass is 512 g/mol. The Balaban J connectivity index is 1.72. The molecule has 0 amide bonds. The molecule has 7 nitrogen and oxygen atoms in total. The quantitative estimate of drug-likeness (QED) is 0.494. The number of β-amino-alcohol motifs (C(OH)–C–C–N with tert-alkyl or cyclic N) is 1. The SMILES string of the molecule is COc1ccc(-c2nn(CC=Cc3ccc(Cl)cc3)c(=O)c(N3CCN(CCO)CC3)c2C)cc1F. The zero-order chi connectivity index (χ0) is 25.7. The van der Waals surface area contributed by atoms with E-state index in [1.165, 1.54) is 17.9 Å². The fourth-order valence-electron chi connectivity index (χ4n) is 4.42. The molecule has 0 radical (unpaired) electrons. The number of ether oxygens (including phenoxy) is 1. The van der Waals surface area contributed by atoms with Gasteiger partial charge >= 0.3 is 0 Å². The fraction of sp³-hybridized carbons (Fsp3) is 0.333. The van der Waals surface area contributed by atoms with E-state index in [0.717, 1.165) is 18.7 Å². The summed E-state index contributed by atoms with van der Waals surface area (Å²) >= 11 is 5.97. The van der Waals surface area contributed by atoms with E-state index in [2.05, 4.69) is 14.9 Å². The normalized spacial score (nSPS) is 14.5. The van der Waals surface area contributed by atoms with E-state index in [4.69, 9.17) is 16.3 Å². The molecule has 1 aromatic heterocycles. The predicted molar refractivity (Wildman–Crippen MR) is 141 cm³/mol. The smallest absolute Gasteiger partial charge is 0.290 e. The van der Waals surface area contributed by atoms with Gasteiger partial charge in [0.1, 0.15) is 5.69 Å². The summed E-state index contributed by atoms with van der Waals surface area (Å²) in [5.74, 6) is -0.341. The summed E-state index contributed by atoms with van der Waals surface area (Å²) in [6.07, 6.45) is 3.78. The van der Waals surface area contributed by atoms with Crippen LogP contribution in [0.5, 0.6) is 5.75 Å². The maximum atomic E-state index is 14.6. The molecule has 0 aliphatic carbocycles. The molecule has 1 saturated heterocycles. The average Bonchev–Trinajstić information content (AvgIpc) is 2.88. The second-order valence-corrected chi connectivity index (χ2v) is 9.10. The highest BCUT2D eigenvalue weighted by molar-refractivity contribution is 6.30. The molecule has 0 saturated carbocycles. The minimum absolute atomic E-state index is 0.105. The molecule has 0 unspecified atom stereocenters. The lowest BCUT2D eigenvalue weighted by Gasteiger charge is -2.36. The van der Waals surface area contributed by atoms with E-state index >= 15 is 0 Å². The highest BCUT2D eigenvalue weighted by Crippen LogP contribution is 2.30. The van der Waals surface area contributed by atoms with E-state index < -0.39 is 5.82 Å². The van der Waals surface area contributed by atoms with Crippen molar-refractivity contribution in [2.24, 2.45) is 0 Å². The van der Waals surface area contributed by atoms with Crippen LogP contribution in [-0.4, -0.2) is 66.2 Å². The van der Waals surface area contributed by atoms with Gasteiger partial charge in [0.25, 0.3) is 5.56 Å². The van der Waals surface area contributed by atoms with Crippen LogP contribution in [0.3, 0.4) is 0 Å². The summed E-state index contributed by atoms with van der Waals surface area (Å²) in [4.78, 5) is 17.8. The molecule has 1 N–H and O–H groups in total. The first-order valence-corrected chi connectivity index (χ1v) is 12.2. The predicted octanol–water partition coefficient (Wildman–Crippen LogP) is 3.85. The van der Waals surface area contributed by atoms with E-state index in [-0.39, 0.29) is 24.5 Å². The number of anilines is 1. The lowest BCUT2D eigenvalue weighted by molar-refractivity contribution is 0.188. The summed E-state index contributed by atoms with van der Waals surface area (Å²) in [5, 5.41) is 14.6. The molecule has 3 aromatic rings. The highest BCUT2D eigenvalue weighted by Gasteiger charge is 2.24. The van der Waals surface area contributed by atoms with Crippen molar-refractivity contribution in [1.29, 1.82) is 0 Å². The van der Waals surface area contributed by atoms with Crippen LogP contribution < -0.4 is 15.2 Å². The van der Waals surface area contributed by atoms with Crippen LogP contribution in [0.1, 0.15) is 11.1 Å². The van der Waals surface area contributed by atoms with E-state index in [9.17, 15) is 14.3 Å². The van der Waals surface area contributed by atoms with Crippen molar-refractivity contribution < 1.29 is 14.2 Å². The second-order valence-electron chi connectivity index (χ2n) is 8.67. The third-order valence-corrected chi connectivity index (χ3v) is 6.61. The molecule has 0 spiro atoms. The first-order chi connectivity index (χ1) is 17.4. The topological polar surface area (TPSA) is 70.8 Å². The maximum Gasteiger partial charge on any atom is 0.290 e. The number of hydrogen-bond donors (Lipinski definition) is 1. The maximum absolute atomic E-state index is 14.6. The van der Waals surface area contributed by atoms with Crippen LogP contribution in [0.2, 0.25) is 5.02 Å². The molecule has 4 rings (SSSR count). The Morgan fingerprint density at radius 1 is 1.14 bits per heavy atom. The zero-order valence-electron chi connectivity index (χ0n) is 20.5. The molecular formula is C27H30ClFN4O3. The molecule has 1 aliphatic rings. The van der Waals surface area contributed by atoms with Crippen LogP contribution in [0.15, 0.2) is 53.3 Å². The van der Waals surface area contributed by atoms with Crippen molar-refractivity contribution in [2.75, 3.05) is 51.3 Å². The van der Waals surface area contributed by atoms with Crippen LogP contribution in [0.25, 0.3) is 17.3 Å². The van der Waals surface area contributed by atoms with Crippen molar-refractivity contribution >= 4 is 23.4 Å². The van der Waals surface area contributed by atoms with Gasteiger partial charge in [-0.05, 0) is 42.8 Å². The molecule has 1 fully saturated rings. The standard InChI is InChI=1S/C27H30ClFN4O3/c1-19-25(21-7-10-24(36-2)23(29)18-21)30-33(11-3-4-20-5-8-22(28)9-6-20)27(35)26(19)32-14-12-31(13-15-32)16-17-34/h3-10,18,34H,11-17H2,1-2H3. The number of rotatable bonds is 8. The number of aliphatic hydroxyl groups is 1. The first kappa shape index (κ1) is 25.9. The number of aliphatic hydroxyl groups excluding tert-OH is 1. The van der Waals surface area contributed by atoms with E-state index in [1.54, 1.807) is 12.1 Å². The molecule has 1 aliphatic heterocycles. The summed E-state index contributed by atoms with van der Waals surface area (Å²) in [6.45, 7) is 5.61. The fourth-order valence-corrected chi connectivity index (χ4v) is 4.55. The Bertz CT molecular complexity index is 1290. The summed E-state index contributed by atoms with van der Waals surface area (Å²) in [6, 6.07) is 12.1. The number of nitrogens with zero attached hydrogens (tertiary/aromatic N) is 4. The molecular weight excluding hydrogens is 483 g/mol. The number of hydrogen-bond acceptors (Lipinski definition) is 6. The molecule has 36 heavy (non-hydrogen) atoms. The van der Waals surface area contributed by atoms with Crippen LogP contribution in [-0.2, 0) is 6.54 Å². The molecule has 2 heterocycles. The average molecular weight is 513 g/mol. The van der Waals surface area contributed by atoms with Crippen LogP contribution in [0, 0.1) is 12.7 Å². The Morgan fingerprint density at radius 3 is 2.50 bits per heavy atom. The second kappa shape index (κ2) is 11.7. The lowest BCUT2D eigenvalue weighted by Crippen LogP contribution is -2.49. The number of halogens is 2. The summed E-state index contributed by atoms with van der Waals surface area (Å²) < 4.78 is 21.0. The largest absolute Gasteiger partial charge is 0.494 e. The number of methoxy groups -OCH3 is 1. The van der Waals surface area contributed by atoms with Gasteiger partial charge in [0.05, 0.1) is 26.0 Å². The van der Waals surface area contributed by atoms with Crippen molar-refractivity contribution in [3.8, 4) is 17.0 Å². The van der Waals surface area contributed by atoms with Gasteiger partial charge in [-0.3, -0.25) is 9.69 Å². The van der Waals surface area contributed by atoms with E-state index in [1.807, 2.05) is 43.3 Å². The van der Waals surface area contributed by atoms with Crippen molar-refractivity contribution in [3.05, 3.63) is 80.9 Å². The van der Waals surface area contributed by atoms with Gasteiger partial charge in [-0.25, -0.2) is 9.07 Å². The van der Waals surface area contributed by atoms with Crippen LogP contribution in [0.4, 0.5) is 10.1 Å². The molecule has 9 heteroatoms. The van der Waals surface area contributed by atoms with Gasteiger partial charge in [-0.2, -0.15) is 5.10 Å². The first-order valence-electron chi connectivity index (χ1n) is 11.9. The number of piperazine rings is 1. The molecule has 190 valence electrons. The van der Waals surface area contributed by atoms with Gasteiger partial charge < -0.3 is 14.7 Å². The minimum Gasteiger partial charge on any atom is -0.494 e. The van der Waals surface area contributed by atoms with Gasteiger partial charge in [0.15, 0.2) is 11.6 Å². The Hall–Kier alpha value is -3.20. The van der Waals surface area contributed by atoms with E-state index in [0.29, 0.717) is 47.2 Å². The Kier molecular flexibility index (Phi) is 8.40. The third-order valence-electron chi connectivity index (χ3n) is 6.36. The summed E-state index contributed by atoms with van der Waals surface area (Å²) in [5.41, 5.74) is 3.15. The number of allylic oxidation sites excluding steroid dienone is 1. The highest BCUT2D eigenvalue weighted by atomic mass is 35.5. The minimum atomic E-state index is -0.490. The molecule has 0 bridgehead atoms. The van der Waals surface area contributed by atoms with Gasteiger partial charge in [0.2, 0.25) is 0 Å². The van der Waals surface area contributed by atoms with Crippen molar-refractivity contribution in [1.82, 2.24) is 14.7 Å². The molecule has 2 aromatic carbocycles. The van der Waals surface area contributed by atoms with Gasteiger partial charge in [-0.1, -0.05) is 35.9 Å². The van der Waals surface area contributed by atoms with Gasteiger partial charge in [0, 0.05) is 48.9 Å².